The largest absolute Gasteiger partial charge is 0.462 e. The van der Waals surface area contributed by atoms with E-state index < -0.39 is 6.10 Å². The predicted molar refractivity (Wildman–Crippen MR) is 251 cm³/mol. The Morgan fingerprint density at radius 2 is 0.661 bits per heavy atom. The van der Waals surface area contributed by atoms with Crippen LogP contribution < -0.4 is 0 Å². The van der Waals surface area contributed by atoms with Crippen LogP contribution in [0.3, 0.4) is 0 Å². The van der Waals surface area contributed by atoms with E-state index in [1.165, 1.54) is 12.8 Å². The molecular weight excluding hydrogens is 733 g/mol. The molecule has 0 N–H and O–H groups in total. The van der Waals surface area contributed by atoms with Crippen LogP contribution in [0.5, 0.6) is 0 Å². The molecule has 0 spiro atoms. The smallest absolute Gasteiger partial charge is 0.306 e. The molecule has 0 aliphatic carbocycles. The molecule has 330 valence electrons. The van der Waals surface area contributed by atoms with Gasteiger partial charge in [0.05, 0.1) is 0 Å². The van der Waals surface area contributed by atoms with Crippen LogP contribution in [0.25, 0.3) is 0 Å². The van der Waals surface area contributed by atoms with Crippen molar-refractivity contribution in [2.75, 3.05) is 13.2 Å². The second-order valence-electron chi connectivity index (χ2n) is 14.8. The van der Waals surface area contributed by atoms with Crippen molar-refractivity contribution in [3.63, 3.8) is 0 Å². The molecule has 1 atom stereocenters. The Kier molecular flexibility index (Phi) is 43.2. The molecule has 6 nitrogen and oxygen atoms in total. The van der Waals surface area contributed by atoms with Gasteiger partial charge in [-0.2, -0.15) is 0 Å². The topological polar surface area (TPSA) is 78.9 Å². The van der Waals surface area contributed by atoms with Crippen LogP contribution in [0.1, 0.15) is 175 Å². The van der Waals surface area contributed by atoms with Gasteiger partial charge >= 0.3 is 17.9 Å². The van der Waals surface area contributed by atoms with Gasteiger partial charge in [-0.3, -0.25) is 14.4 Å². The van der Waals surface area contributed by atoms with Gasteiger partial charge in [-0.1, -0.05) is 200 Å². The summed E-state index contributed by atoms with van der Waals surface area (Å²) in [5.74, 6) is -1.000. The molecule has 0 aromatic carbocycles. The second kappa shape index (κ2) is 46.5. The van der Waals surface area contributed by atoms with E-state index in [4.69, 9.17) is 14.2 Å². The maximum Gasteiger partial charge on any atom is 0.306 e. The zero-order valence-electron chi connectivity index (χ0n) is 37.5. The van der Waals surface area contributed by atoms with E-state index in [1.807, 2.05) is 48.6 Å². The Hall–Kier alpha value is -4.19. The zero-order valence-corrected chi connectivity index (χ0v) is 37.5. The van der Waals surface area contributed by atoms with Gasteiger partial charge in [0.1, 0.15) is 13.2 Å². The van der Waals surface area contributed by atoms with Crippen LogP contribution in [-0.4, -0.2) is 37.2 Å². The third-order valence-corrected chi connectivity index (χ3v) is 9.15. The van der Waals surface area contributed by atoms with Crippen LogP contribution in [0, 0.1) is 0 Å². The predicted octanol–water partition coefficient (Wildman–Crippen LogP) is 15.0. The monoisotopic (exact) mass is 815 g/mol. The molecule has 0 saturated heterocycles. The summed E-state index contributed by atoms with van der Waals surface area (Å²) in [6.07, 6.45) is 63.2. The Labute approximate surface area is 361 Å². The molecule has 0 aliphatic heterocycles. The second-order valence-corrected chi connectivity index (χ2v) is 14.8. The molecule has 0 fully saturated rings. The fourth-order valence-corrected chi connectivity index (χ4v) is 5.67. The van der Waals surface area contributed by atoms with Gasteiger partial charge in [-0.25, -0.2) is 0 Å². The summed E-state index contributed by atoms with van der Waals surface area (Å²) in [4.78, 5) is 37.8. The van der Waals surface area contributed by atoms with Crippen LogP contribution in [-0.2, 0) is 28.6 Å². The Morgan fingerprint density at radius 1 is 0.356 bits per heavy atom. The molecule has 1 unspecified atom stereocenters. The summed E-state index contributed by atoms with van der Waals surface area (Å²) >= 11 is 0. The van der Waals surface area contributed by atoms with Crippen molar-refractivity contribution in [3.05, 3.63) is 122 Å². The number of allylic oxidation sites excluding steroid dienone is 20. The third kappa shape index (κ3) is 44.8. The highest BCUT2D eigenvalue weighted by Gasteiger charge is 2.19. The standard InChI is InChI=1S/C53H82O6/c1-4-7-10-13-16-19-22-24-26-28-31-34-37-40-43-46-52(55)58-49-50(48-57-51(54)45-42-39-36-33-30-21-18-15-12-9-6-3)59-53(56)47-44-41-38-35-32-29-27-25-23-20-17-14-11-8-5-2/h7-8,10-11,13-27,30,50H,4-6,9,12,28-29,31-49H2,1-3H3/b10-7-,11-8-,16-13-,17-14-,18-15-,22-19-,23-20-,26-24-,27-25-,30-21-. The van der Waals surface area contributed by atoms with Crippen LogP contribution in [0.2, 0.25) is 0 Å². The SMILES string of the molecule is CC\C=C/C=C\C=C/C=C\CCCCCCCC(=O)OCC(COC(=O)CCCCC/C=C\C=C/CCCC)OC(=O)CCCCCCC\C=C/C=C\C=C/C=C\CC. The van der Waals surface area contributed by atoms with Gasteiger partial charge in [-0.15, -0.1) is 0 Å². The summed E-state index contributed by atoms with van der Waals surface area (Å²) in [5.41, 5.74) is 0. The maximum atomic E-state index is 12.7. The van der Waals surface area contributed by atoms with Gasteiger partial charge in [0, 0.05) is 19.3 Å². The Morgan fingerprint density at radius 3 is 1.07 bits per heavy atom. The summed E-state index contributed by atoms with van der Waals surface area (Å²) in [6, 6.07) is 0. The van der Waals surface area contributed by atoms with Gasteiger partial charge in [0.2, 0.25) is 0 Å². The van der Waals surface area contributed by atoms with Gasteiger partial charge in [-0.05, 0) is 77.0 Å². The zero-order chi connectivity index (χ0) is 43.0. The number of hydrogen-bond acceptors (Lipinski definition) is 6. The number of ether oxygens (including phenoxy) is 3. The first-order chi connectivity index (χ1) is 29.0. The van der Waals surface area contributed by atoms with Crippen LogP contribution >= 0.6 is 0 Å². The number of esters is 3. The molecule has 0 bridgehead atoms. The lowest BCUT2D eigenvalue weighted by Crippen LogP contribution is -2.30. The summed E-state index contributed by atoms with van der Waals surface area (Å²) < 4.78 is 16.7. The third-order valence-electron chi connectivity index (χ3n) is 9.15. The average Bonchev–Trinajstić information content (AvgIpc) is 3.23. The van der Waals surface area contributed by atoms with Crippen molar-refractivity contribution in [3.8, 4) is 0 Å². The van der Waals surface area contributed by atoms with Crippen molar-refractivity contribution in [2.24, 2.45) is 0 Å². The van der Waals surface area contributed by atoms with E-state index in [2.05, 4.69) is 93.7 Å². The average molecular weight is 815 g/mol. The molecule has 6 heteroatoms. The molecule has 0 rings (SSSR count). The number of unbranched alkanes of at least 4 members (excludes halogenated alkanes) is 15. The van der Waals surface area contributed by atoms with Gasteiger partial charge in [0.15, 0.2) is 6.10 Å². The van der Waals surface area contributed by atoms with Crippen molar-refractivity contribution in [1.29, 1.82) is 0 Å². The van der Waals surface area contributed by atoms with Crippen molar-refractivity contribution >= 4 is 17.9 Å². The minimum absolute atomic E-state index is 0.113. The molecule has 0 radical (unpaired) electrons. The van der Waals surface area contributed by atoms with E-state index in [0.717, 1.165) is 122 Å². The molecular formula is C53H82O6. The number of rotatable bonds is 39. The van der Waals surface area contributed by atoms with Crippen molar-refractivity contribution < 1.29 is 28.6 Å². The fraction of sp³-hybridized carbons (Fsp3) is 0.566. The summed E-state index contributed by atoms with van der Waals surface area (Å²) in [6.45, 7) is 6.21. The molecule has 0 amide bonds. The minimum atomic E-state index is -0.813. The molecule has 0 aliphatic rings. The first-order valence-corrected chi connectivity index (χ1v) is 23.2. The van der Waals surface area contributed by atoms with E-state index >= 15 is 0 Å². The number of hydrogen-bond donors (Lipinski definition) is 0. The van der Waals surface area contributed by atoms with Gasteiger partial charge in [0.25, 0.3) is 0 Å². The van der Waals surface area contributed by atoms with Crippen molar-refractivity contribution in [1.82, 2.24) is 0 Å². The fourth-order valence-electron chi connectivity index (χ4n) is 5.67. The highest BCUT2D eigenvalue weighted by molar-refractivity contribution is 5.71. The van der Waals surface area contributed by atoms with E-state index in [0.29, 0.717) is 12.8 Å². The normalized spacial score (nSPS) is 13.2. The Bertz CT molecular complexity index is 1300. The van der Waals surface area contributed by atoms with Crippen LogP contribution in [0.15, 0.2) is 122 Å². The maximum absolute atomic E-state index is 12.7. The molecule has 0 heterocycles. The van der Waals surface area contributed by atoms with E-state index in [1.54, 1.807) is 0 Å². The summed E-state index contributed by atoms with van der Waals surface area (Å²) in [5, 5.41) is 0. The first kappa shape index (κ1) is 54.8. The highest BCUT2D eigenvalue weighted by atomic mass is 16.6. The van der Waals surface area contributed by atoms with Gasteiger partial charge < -0.3 is 14.2 Å². The van der Waals surface area contributed by atoms with E-state index in [-0.39, 0.29) is 37.5 Å². The summed E-state index contributed by atoms with van der Waals surface area (Å²) in [7, 11) is 0. The van der Waals surface area contributed by atoms with E-state index in [9.17, 15) is 14.4 Å². The molecule has 0 aromatic heterocycles. The number of carbonyl (C=O) groups excluding carboxylic acids is 3. The first-order valence-electron chi connectivity index (χ1n) is 23.2. The number of carbonyl (C=O) groups is 3. The lowest BCUT2D eigenvalue weighted by molar-refractivity contribution is -0.167. The van der Waals surface area contributed by atoms with Crippen molar-refractivity contribution in [2.45, 2.75) is 181 Å². The highest BCUT2D eigenvalue weighted by Crippen LogP contribution is 2.12. The Balaban J connectivity index is 4.54. The lowest BCUT2D eigenvalue weighted by Gasteiger charge is -2.18. The molecule has 0 saturated carbocycles. The van der Waals surface area contributed by atoms with Crippen LogP contribution in [0.4, 0.5) is 0 Å². The minimum Gasteiger partial charge on any atom is -0.462 e. The molecule has 59 heavy (non-hydrogen) atoms. The molecule has 0 aromatic rings. The lowest BCUT2D eigenvalue weighted by atomic mass is 10.1. The quantitative estimate of drug-likeness (QED) is 0.0266.